The summed E-state index contributed by atoms with van der Waals surface area (Å²) in [5.41, 5.74) is 1.47. The van der Waals surface area contributed by atoms with E-state index < -0.39 is 0 Å². The molecule has 0 bridgehead atoms. The van der Waals surface area contributed by atoms with Crippen molar-refractivity contribution in [1.82, 2.24) is 4.90 Å². The van der Waals surface area contributed by atoms with Crippen LogP contribution in [0.3, 0.4) is 0 Å². The highest BCUT2D eigenvalue weighted by Crippen LogP contribution is 2.39. The maximum absolute atomic E-state index is 11.2. The number of benzene rings is 2. The standard InChI is InChI=1S/C18H21N3O2/c22-21(23)17-8-7-16(14-5-1-2-6-15(14)17)19-13-18-9-3-11-20(18)12-4-10-18/h1-2,5-8,19H,3-4,9-13H2. The highest BCUT2D eigenvalue weighted by molar-refractivity contribution is 5.99. The van der Waals surface area contributed by atoms with E-state index in [2.05, 4.69) is 10.2 Å². The minimum atomic E-state index is -0.305. The molecule has 2 aliphatic heterocycles. The fourth-order valence-electron chi connectivity index (χ4n) is 4.37. The summed E-state index contributed by atoms with van der Waals surface area (Å²) in [4.78, 5) is 13.5. The van der Waals surface area contributed by atoms with E-state index >= 15 is 0 Å². The van der Waals surface area contributed by atoms with Gasteiger partial charge in [-0.15, -0.1) is 0 Å². The second-order valence-corrected chi connectivity index (χ2v) is 6.71. The van der Waals surface area contributed by atoms with Crippen molar-refractivity contribution in [2.24, 2.45) is 0 Å². The Bertz CT molecular complexity index is 749. The van der Waals surface area contributed by atoms with Crippen molar-refractivity contribution in [3.63, 3.8) is 0 Å². The van der Waals surface area contributed by atoms with Gasteiger partial charge in [0.15, 0.2) is 0 Å². The van der Waals surface area contributed by atoms with Crippen LogP contribution >= 0.6 is 0 Å². The lowest BCUT2D eigenvalue weighted by molar-refractivity contribution is -0.383. The molecule has 2 fully saturated rings. The van der Waals surface area contributed by atoms with Crippen molar-refractivity contribution in [2.75, 3.05) is 25.0 Å². The number of fused-ring (bicyclic) bond motifs is 2. The Morgan fingerprint density at radius 3 is 2.48 bits per heavy atom. The van der Waals surface area contributed by atoms with Gasteiger partial charge in [-0.05, 0) is 50.9 Å². The maximum Gasteiger partial charge on any atom is 0.277 e. The van der Waals surface area contributed by atoms with E-state index in [9.17, 15) is 10.1 Å². The molecule has 0 aliphatic carbocycles. The van der Waals surface area contributed by atoms with Gasteiger partial charge in [-0.1, -0.05) is 18.2 Å². The van der Waals surface area contributed by atoms with Crippen molar-refractivity contribution >= 4 is 22.1 Å². The van der Waals surface area contributed by atoms with Gasteiger partial charge in [0.2, 0.25) is 0 Å². The van der Waals surface area contributed by atoms with E-state index in [1.165, 1.54) is 38.8 Å². The van der Waals surface area contributed by atoms with Gasteiger partial charge in [-0.3, -0.25) is 15.0 Å². The van der Waals surface area contributed by atoms with E-state index in [0.29, 0.717) is 10.9 Å². The molecule has 5 heteroatoms. The van der Waals surface area contributed by atoms with Crippen LogP contribution in [0, 0.1) is 10.1 Å². The zero-order valence-electron chi connectivity index (χ0n) is 13.1. The molecule has 1 N–H and O–H groups in total. The lowest BCUT2D eigenvalue weighted by Gasteiger charge is -2.32. The average molecular weight is 311 g/mol. The van der Waals surface area contributed by atoms with Gasteiger partial charge in [-0.25, -0.2) is 0 Å². The first-order valence-electron chi connectivity index (χ1n) is 8.35. The highest BCUT2D eigenvalue weighted by atomic mass is 16.6. The number of nitrogens with zero attached hydrogens (tertiary/aromatic N) is 2. The van der Waals surface area contributed by atoms with Gasteiger partial charge < -0.3 is 5.32 Å². The van der Waals surface area contributed by atoms with Crippen LogP contribution in [-0.4, -0.2) is 35.0 Å². The fraction of sp³-hybridized carbons (Fsp3) is 0.444. The zero-order valence-corrected chi connectivity index (χ0v) is 13.1. The monoisotopic (exact) mass is 311 g/mol. The van der Waals surface area contributed by atoms with E-state index in [4.69, 9.17) is 0 Å². The molecule has 2 saturated heterocycles. The van der Waals surface area contributed by atoms with Crippen molar-refractivity contribution in [3.05, 3.63) is 46.5 Å². The molecule has 2 heterocycles. The third-order valence-electron chi connectivity index (χ3n) is 5.52. The Hall–Kier alpha value is -2.14. The molecule has 0 amide bonds. The molecule has 2 aromatic carbocycles. The molecular formula is C18H21N3O2. The van der Waals surface area contributed by atoms with Gasteiger partial charge in [0.1, 0.15) is 0 Å². The van der Waals surface area contributed by atoms with Gasteiger partial charge in [-0.2, -0.15) is 0 Å². The largest absolute Gasteiger partial charge is 0.383 e. The zero-order chi connectivity index (χ0) is 15.9. The van der Waals surface area contributed by atoms with Crippen molar-refractivity contribution in [3.8, 4) is 0 Å². The van der Waals surface area contributed by atoms with Gasteiger partial charge in [0.05, 0.1) is 10.3 Å². The molecule has 2 aromatic rings. The fourth-order valence-corrected chi connectivity index (χ4v) is 4.37. The summed E-state index contributed by atoms with van der Waals surface area (Å²) >= 11 is 0. The Kier molecular flexibility index (Phi) is 3.45. The third-order valence-corrected chi connectivity index (χ3v) is 5.52. The van der Waals surface area contributed by atoms with Gasteiger partial charge in [0, 0.05) is 29.2 Å². The molecule has 4 rings (SSSR count). The number of non-ortho nitro benzene ring substituents is 1. The van der Waals surface area contributed by atoms with Crippen LogP contribution in [0.4, 0.5) is 11.4 Å². The minimum absolute atomic E-state index is 0.174. The smallest absolute Gasteiger partial charge is 0.277 e. The van der Waals surface area contributed by atoms with E-state index in [1.807, 2.05) is 30.3 Å². The molecule has 5 nitrogen and oxygen atoms in total. The summed E-state index contributed by atoms with van der Waals surface area (Å²) in [5, 5.41) is 16.4. The number of nitro groups is 1. The summed E-state index contributed by atoms with van der Waals surface area (Å²) in [6.07, 6.45) is 5.07. The third kappa shape index (κ3) is 2.36. The number of hydrogen-bond donors (Lipinski definition) is 1. The van der Waals surface area contributed by atoms with Crippen LogP contribution < -0.4 is 5.32 Å². The molecular weight excluding hydrogens is 290 g/mol. The van der Waals surface area contributed by atoms with E-state index in [-0.39, 0.29) is 10.6 Å². The number of anilines is 1. The molecule has 0 atom stereocenters. The number of hydrogen-bond acceptors (Lipinski definition) is 4. The maximum atomic E-state index is 11.2. The quantitative estimate of drug-likeness (QED) is 0.689. The summed E-state index contributed by atoms with van der Waals surface area (Å²) in [6, 6.07) is 11.0. The van der Waals surface area contributed by atoms with E-state index in [0.717, 1.165) is 17.6 Å². The number of rotatable bonds is 4. The van der Waals surface area contributed by atoms with Crippen molar-refractivity contribution in [2.45, 2.75) is 31.2 Å². The lowest BCUT2D eigenvalue weighted by Crippen LogP contribution is -2.44. The predicted molar refractivity (Wildman–Crippen MR) is 91.9 cm³/mol. The summed E-state index contributed by atoms with van der Waals surface area (Å²) in [7, 11) is 0. The van der Waals surface area contributed by atoms with Crippen LogP contribution in [0.1, 0.15) is 25.7 Å². The first kappa shape index (κ1) is 14.5. The topological polar surface area (TPSA) is 58.4 Å². The number of nitro benzene ring substituents is 1. The summed E-state index contributed by atoms with van der Waals surface area (Å²) < 4.78 is 0. The van der Waals surface area contributed by atoms with Gasteiger partial charge in [0.25, 0.3) is 5.69 Å². The Labute approximate surface area is 135 Å². The first-order valence-corrected chi connectivity index (χ1v) is 8.35. The summed E-state index contributed by atoms with van der Waals surface area (Å²) in [6.45, 7) is 3.35. The average Bonchev–Trinajstić information content (AvgIpc) is 3.12. The summed E-state index contributed by atoms with van der Waals surface area (Å²) in [5.74, 6) is 0. The normalized spacial score (nSPS) is 19.8. The van der Waals surface area contributed by atoms with Crippen LogP contribution in [0.25, 0.3) is 10.8 Å². The van der Waals surface area contributed by atoms with Crippen molar-refractivity contribution < 1.29 is 4.92 Å². The Balaban J connectivity index is 1.65. The van der Waals surface area contributed by atoms with Crippen LogP contribution in [-0.2, 0) is 0 Å². The minimum Gasteiger partial charge on any atom is -0.383 e. The second-order valence-electron chi connectivity index (χ2n) is 6.71. The molecule has 2 aliphatic rings. The Morgan fingerprint density at radius 1 is 1.09 bits per heavy atom. The molecule has 0 radical (unpaired) electrons. The molecule has 0 unspecified atom stereocenters. The predicted octanol–water partition coefficient (Wildman–Crippen LogP) is 3.79. The molecule has 23 heavy (non-hydrogen) atoms. The van der Waals surface area contributed by atoms with Crippen LogP contribution in [0.5, 0.6) is 0 Å². The van der Waals surface area contributed by atoms with E-state index in [1.54, 1.807) is 6.07 Å². The molecule has 0 saturated carbocycles. The number of nitrogens with one attached hydrogen (secondary N) is 1. The molecule has 0 aromatic heterocycles. The van der Waals surface area contributed by atoms with Crippen LogP contribution in [0.15, 0.2) is 36.4 Å². The van der Waals surface area contributed by atoms with Crippen molar-refractivity contribution in [1.29, 1.82) is 0 Å². The first-order chi connectivity index (χ1) is 11.2. The molecule has 120 valence electrons. The van der Waals surface area contributed by atoms with Crippen LogP contribution in [0.2, 0.25) is 0 Å². The second kappa shape index (κ2) is 5.49. The van der Waals surface area contributed by atoms with Gasteiger partial charge >= 0.3 is 0 Å². The molecule has 0 spiro atoms. The SMILES string of the molecule is O=[N+]([O-])c1ccc(NCC23CCCN2CCC3)c2ccccc12. The highest BCUT2D eigenvalue weighted by Gasteiger charge is 2.43. The Morgan fingerprint density at radius 2 is 1.78 bits per heavy atom. The lowest BCUT2D eigenvalue weighted by atomic mass is 9.93.